The molecule has 0 saturated heterocycles. The van der Waals surface area contributed by atoms with Gasteiger partial charge in [-0.2, -0.15) is 0 Å². The molecule has 2 nitrogen and oxygen atoms in total. The van der Waals surface area contributed by atoms with E-state index in [4.69, 9.17) is 0 Å². The number of halogens is 2. The molecular formula is C13H26F2N2. The lowest BCUT2D eigenvalue weighted by Crippen LogP contribution is -2.33. The molecule has 0 aromatic heterocycles. The van der Waals surface area contributed by atoms with Crippen molar-refractivity contribution in [1.29, 1.82) is 0 Å². The predicted octanol–water partition coefficient (Wildman–Crippen LogP) is 2.60. The first kappa shape index (κ1) is 14.8. The zero-order valence-corrected chi connectivity index (χ0v) is 11.3. The Labute approximate surface area is 104 Å². The molecule has 1 N–H and O–H groups in total. The van der Waals surface area contributed by atoms with E-state index in [-0.39, 0.29) is 18.8 Å². The number of alkyl halides is 2. The molecule has 102 valence electrons. The third-order valence-electron chi connectivity index (χ3n) is 3.30. The SMILES string of the molecule is CC(C)CNCCN(C)CC1CCC(F)(F)C1. The van der Waals surface area contributed by atoms with Crippen molar-refractivity contribution in [2.24, 2.45) is 11.8 Å². The molecule has 0 heterocycles. The molecule has 4 heteroatoms. The van der Waals surface area contributed by atoms with Crippen LogP contribution in [0.15, 0.2) is 0 Å². The van der Waals surface area contributed by atoms with Crippen LogP contribution in [-0.4, -0.2) is 44.0 Å². The van der Waals surface area contributed by atoms with Gasteiger partial charge in [0, 0.05) is 32.5 Å². The molecule has 0 aliphatic heterocycles. The van der Waals surface area contributed by atoms with E-state index in [1.54, 1.807) is 0 Å². The third-order valence-corrected chi connectivity index (χ3v) is 3.30. The summed E-state index contributed by atoms with van der Waals surface area (Å²) in [4.78, 5) is 2.17. The quantitative estimate of drug-likeness (QED) is 0.697. The average Bonchev–Trinajstić information content (AvgIpc) is 2.52. The molecule has 1 saturated carbocycles. The second kappa shape index (κ2) is 6.64. The minimum Gasteiger partial charge on any atom is -0.315 e. The van der Waals surface area contributed by atoms with Gasteiger partial charge in [-0.1, -0.05) is 13.8 Å². The van der Waals surface area contributed by atoms with Gasteiger partial charge in [0.2, 0.25) is 5.92 Å². The third kappa shape index (κ3) is 6.32. The van der Waals surface area contributed by atoms with E-state index in [2.05, 4.69) is 24.1 Å². The van der Waals surface area contributed by atoms with Gasteiger partial charge in [-0.25, -0.2) is 8.78 Å². The van der Waals surface area contributed by atoms with Crippen LogP contribution in [0.2, 0.25) is 0 Å². The van der Waals surface area contributed by atoms with Crippen molar-refractivity contribution in [1.82, 2.24) is 10.2 Å². The first-order valence-electron chi connectivity index (χ1n) is 6.66. The highest BCUT2D eigenvalue weighted by atomic mass is 19.3. The van der Waals surface area contributed by atoms with Crippen molar-refractivity contribution in [3.05, 3.63) is 0 Å². The normalized spacial score (nSPS) is 23.8. The second-order valence-corrected chi connectivity index (χ2v) is 5.82. The fourth-order valence-electron chi connectivity index (χ4n) is 2.39. The fourth-order valence-corrected chi connectivity index (χ4v) is 2.39. The molecule has 1 aliphatic rings. The van der Waals surface area contributed by atoms with Crippen molar-refractivity contribution < 1.29 is 8.78 Å². The molecule has 0 spiro atoms. The average molecular weight is 248 g/mol. The monoisotopic (exact) mass is 248 g/mol. The summed E-state index contributed by atoms with van der Waals surface area (Å²) < 4.78 is 26.0. The fraction of sp³-hybridized carbons (Fsp3) is 1.00. The highest BCUT2D eigenvalue weighted by Crippen LogP contribution is 2.38. The van der Waals surface area contributed by atoms with Crippen molar-refractivity contribution in [3.63, 3.8) is 0 Å². The van der Waals surface area contributed by atoms with E-state index < -0.39 is 5.92 Å². The van der Waals surface area contributed by atoms with E-state index in [0.717, 1.165) is 26.2 Å². The molecule has 0 bridgehead atoms. The van der Waals surface area contributed by atoms with Crippen molar-refractivity contribution in [2.75, 3.05) is 33.2 Å². The van der Waals surface area contributed by atoms with Crippen molar-refractivity contribution in [3.8, 4) is 0 Å². The van der Waals surface area contributed by atoms with Crippen LogP contribution in [0.3, 0.4) is 0 Å². The Hall–Kier alpha value is -0.220. The van der Waals surface area contributed by atoms with Gasteiger partial charge < -0.3 is 10.2 Å². The molecule has 1 atom stereocenters. The summed E-state index contributed by atoms with van der Waals surface area (Å²) in [6.07, 6.45) is 0.838. The van der Waals surface area contributed by atoms with Crippen LogP contribution >= 0.6 is 0 Å². The Morgan fingerprint density at radius 1 is 1.41 bits per heavy atom. The molecule has 0 radical (unpaired) electrons. The molecular weight excluding hydrogens is 222 g/mol. The van der Waals surface area contributed by atoms with E-state index in [9.17, 15) is 8.78 Å². The summed E-state index contributed by atoms with van der Waals surface area (Å²) in [6.45, 7) is 8.07. The second-order valence-electron chi connectivity index (χ2n) is 5.82. The van der Waals surface area contributed by atoms with Crippen LogP contribution in [-0.2, 0) is 0 Å². The van der Waals surface area contributed by atoms with Gasteiger partial charge in [-0.3, -0.25) is 0 Å². The molecule has 1 unspecified atom stereocenters. The highest BCUT2D eigenvalue weighted by Gasteiger charge is 2.39. The van der Waals surface area contributed by atoms with E-state index in [1.807, 2.05) is 7.05 Å². The predicted molar refractivity (Wildman–Crippen MR) is 67.5 cm³/mol. The largest absolute Gasteiger partial charge is 0.315 e. The zero-order chi connectivity index (χ0) is 12.9. The first-order chi connectivity index (χ1) is 7.89. The minimum atomic E-state index is -2.40. The lowest BCUT2D eigenvalue weighted by Gasteiger charge is -2.21. The van der Waals surface area contributed by atoms with Gasteiger partial charge in [-0.15, -0.1) is 0 Å². The van der Waals surface area contributed by atoms with Gasteiger partial charge in [-0.05, 0) is 31.8 Å². The number of hydrogen-bond acceptors (Lipinski definition) is 2. The topological polar surface area (TPSA) is 15.3 Å². The van der Waals surface area contributed by atoms with Crippen LogP contribution in [0, 0.1) is 11.8 Å². The van der Waals surface area contributed by atoms with Gasteiger partial charge >= 0.3 is 0 Å². The molecule has 0 aromatic rings. The van der Waals surface area contributed by atoms with Crippen LogP contribution in [0.4, 0.5) is 8.78 Å². The standard InChI is InChI=1S/C13H26F2N2/c1-11(2)9-16-6-7-17(3)10-12-4-5-13(14,15)8-12/h11-12,16H,4-10H2,1-3H3. The molecule has 0 amide bonds. The Bertz CT molecular complexity index is 219. The van der Waals surface area contributed by atoms with Crippen LogP contribution in [0.25, 0.3) is 0 Å². The highest BCUT2D eigenvalue weighted by molar-refractivity contribution is 4.82. The lowest BCUT2D eigenvalue weighted by atomic mass is 10.1. The van der Waals surface area contributed by atoms with E-state index in [0.29, 0.717) is 12.3 Å². The Kier molecular flexibility index (Phi) is 5.80. The van der Waals surface area contributed by atoms with Crippen LogP contribution in [0.1, 0.15) is 33.1 Å². The maximum atomic E-state index is 13.0. The van der Waals surface area contributed by atoms with Gasteiger partial charge in [0.25, 0.3) is 0 Å². The number of likely N-dealkylation sites (N-methyl/N-ethyl adjacent to an activating group) is 1. The summed E-state index contributed by atoms with van der Waals surface area (Å²) in [5, 5.41) is 3.37. The first-order valence-corrected chi connectivity index (χ1v) is 6.66. The Morgan fingerprint density at radius 3 is 2.65 bits per heavy atom. The van der Waals surface area contributed by atoms with Gasteiger partial charge in [0.05, 0.1) is 0 Å². The van der Waals surface area contributed by atoms with E-state index in [1.165, 1.54) is 0 Å². The Balaban J connectivity index is 2.07. The minimum absolute atomic E-state index is 0.0801. The van der Waals surface area contributed by atoms with Gasteiger partial charge in [0.1, 0.15) is 0 Å². The molecule has 17 heavy (non-hydrogen) atoms. The lowest BCUT2D eigenvalue weighted by molar-refractivity contribution is 0.00382. The smallest absolute Gasteiger partial charge is 0.248 e. The molecule has 0 aromatic carbocycles. The molecule has 1 fully saturated rings. The summed E-state index contributed by atoms with van der Waals surface area (Å²) in [5.41, 5.74) is 0. The van der Waals surface area contributed by atoms with Crippen molar-refractivity contribution in [2.45, 2.75) is 39.0 Å². The zero-order valence-electron chi connectivity index (χ0n) is 11.3. The van der Waals surface area contributed by atoms with Crippen LogP contribution < -0.4 is 5.32 Å². The Morgan fingerprint density at radius 2 is 2.12 bits per heavy atom. The van der Waals surface area contributed by atoms with Gasteiger partial charge in [0.15, 0.2) is 0 Å². The summed E-state index contributed by atoms with van der Waals surface area (Å²) in [6, 6.07) is 0. The summed E-state index contributed by atoms with van der Waals surface area (Å²) in [7, 11) is 2.02. The number of nitrogens with one attached hydrogen (secondary N) is 1. The summed E-state index contributed by atoms with van der Waals surface area (Å²) in [5.74, 6) is -1.56. The number of nitrogens with zero attached hydrogens (tertiary/aromatic N) is 1. The van der Waals surface area contributed by atoms with Crippen molar-refractivity contribution >= 4 is 0 Å². The maximum absolute atomic E-state index is 13.0. The van der Waals surface area contributed by atoms with E-state index >= 15 is 0 Å². The number of hydrogen-bond donors (Lipinski definition) is 1. The molecule has 1 rings (SSSR count). The maximum Gasteiger partial charge on any atom is 0.248 e. The van der Waals surface area contributed by atoms with Crippen LogP contribution in [0.5, 0.6) is 0 Å². The summed E-state index contributed by atoms with van der Waals surface area (Å²) >= 11 is 0. The molecule has 1 aliphatic carbocycles. The number of rotatable bonds is 7.